The van der Waals surface area contributed by atoms with Crippen LogP contribution in [-0.4, -0.2) is 47.3 Å². The molecule has 1 aromatic rings. The Morgan fingerprint density at radius 3 is 3.14 bits per heavy atom. The second-order valence-electron chi connectivity index (χ2n) is 6.07. The maximum Gasteiger partial charge on any atom is 0.317 e. The van der Waals surface area contributed by atoms with E-state index in [2.05, 4.69) is 20.8 Å². The van der Waals surface area contributed by atoms with Crippen LogP contribution in [0.2, 0.25) is 0 Å². The number of piperidine rings is 1. The first-order valence-corrected chi connectivity index (χ1v) is 7.76. The fraction of sp³-hybridized carbons (Fsp3) is 0.786. The number of urea groups is 1. The molecular weight excluding hydrogens is 270 g/mol. The smallest absolute Gasteiger partial charge is 0.317 e. The van der Waals surface area contributed by atoms with E-state index in [0.717, 1.165) is 32.6 Å². The van der Waals surface area contributed by atoms with Crippen molar-refractivity contribution >= 4 is 6.03 Å². The fourth-order valence-electron chi connectivity index (χ4n) is 3.30. The number of nitrogens with one attached hydrogen (secondary N) is 2. The van der Waals surface area contributed by atoms with Gasteiger partial charge in [-0.25, -0.2) is 4.79 Å². The van der Waals surface area contributed by atoms with Crippen LogP contribution in [0.1, 0.15) is 37.9 Å². The van der Waals surface area contributed by atoms with Gasteiger partial charge >= 0.3 is 6.03 Å². The summed E-state index contributed by atoms with van der Waals surface area (Å²) in [5.74, 6) is 1.14. The number of rotatable bonds is 3. The molecule has 1 atom stereocenters. The topological polar surface area (TPSA) is 83.3 Å². The van der Waals surface area contributed by atoms with Crippen molar-refractivity contribution in [3.63, 3.8) is 0 Å². The molecule has 0 aromatic carbocycles. The summed E-state index contributed by atoms with van der Waals surface area (Å²) < 4.78 is 5.03. The SMILES string of the molecule is CCc1nc(CNC(=O)N2CCC[C@]3(CCNC3)C2)no1. The Kier molecular flexibility index (Phi) is 4.10. The molecule has 0 unspecified atom stereocenters. The summed E-state index contributed by atoms with van der Waals surface area (Å²) in [6, 6.07) is -0.0242. The Morgan fingerprint density at radius 2 is 2.43 bits per heavy atom. The van der Waals surface area contributed by atoms with Crippen LogP contribution in [0.3, 0.4) is 0 Å². The molecule has 0 saturated carbocycles. The van der Waals surface area contributed by atoms with E-state index in [1.807, 2.05) is 11.8 Å². The van der Waals surface area contributed by atoms with Gasteiger partial charge in [-0.05, 0) is 25.8 Å². The third-order valence-corrected chi connectivity index (χ3v) is 4.49. The maximum atomic E-state index is 12.3. The highest BCUT2D eigenvalue weighted by Gasteiger charge is 2.39. The maximum absolute atomic E-state index is 12.3. The summed E-state index contributed by atoms with van der Waals surface area (Å²) in [7, 11) is 0. The zero-order valence-corrected chi connectivity index (χ0v) is 12.5. The number of aryl methyl sites for hydroxylation is 1. The van der Waals surface area contributed by atoms with Crippen LogP contribution >= 0.6 is 0 Å². The molecule has 2 aliphatic heterocycles. The molecular formula is C14H23N5O2. The van der Waals surface area contributed by atoms with E-state index in [-0.39, 0.29) is 11.4 Å². The first-order chi connectivity index (χ1) is 10.2. The van der Waals surface area contributed by atoms with Gasteiger partial charge in [0.1, 0.15) is 0 Å². The molecule has 1 aromatic heterocycles. The highest BCUT2D eigenvalue weighted by atomic mass is 16.5. The van der Waals surface area contributed by atoms with Crippen molar-refractivity contribution in [2.75, 3.05) is 26.2 Å². The molecule has 0 aliphatic carbocycles. The lowest BCUT2D eigenvalue weighted by molar-refractivity contribution is 0.117. The molecule has 3 heterocycles. The summed E-state index contributed by atoms with van der Waals surface area (Å²) in [6.07, 6.45) is 4.18. The summed E-state index contributed by atoms with van der Waals surface area (Å²) in [5, 5.41) is 10.2. The minimum atomic E-state index is -0.0242. The zero-order valence-electron chi connectivity index (χ0n) is 12.5. The van der Waals surface area contributed by atoms with Crippen molar-refractivity contribution in [1.29, 1.82) is 0 Å². The van der Waals surface area contributed by atoms with Gasteiger partial charge in [-0.1, -0.05) is 12.1 Å². The normalized spacial score (nSPS) is 25.5. The molecule has 7 nitrogen and oxygen atoms in total. The highest BCUT2D eigenvalue weighted by Crippen LogP contribution is 2.35. The molecule has 116 valence electrons. The zero-order chi connectivity index (χ0) is 14.7. The Labute approximate surface area is 124 Å². The summed E-state index contributed by atoms with van der Waals surface area (Å²) >= 11 is 0. The van der Waals surface area contributed by atoms with Gasteiger partial charge in [-0.3, -0.25) is 0 Å². The van der Waals surface area contributed by atoms with Gasteiger partial charge in [0, 0.05) is 31.5 Å². The molecule has 3 rings (SSSR count). The number of carbonyl (C=O) groups excluding carboxylic acids is 1. The van der Waals surface area contributed by atoms with Crippen molar-refractivity contribution in [3.8, 4) is 0 Å². The minimum Gasteiger partial charge on any atom is -0.339 e. The van der Waals surface area contributed by atoms with Crippen LogP contribution < -0.4 is 10.6 Å². The Morgan fingerprint density at radius 1 is 1.52 bits per heavy atom. The molecule has 0 bridgehead atoms. The Balaban J connectivity index is 1.52. The largest absolute Gasteiger partial charge is 0.339 e. The van der Waals surface area contributed by atoms with Gasteiger partial charge in [0.25, 0.3) is 0 Å². The van der Waals surface area contributed by atoms with Crippen molar-refractivity contribution in [3.05, 3.63) is 11.7 Å². The predicted molar refractivity (Wildman–Crippen MR) is 76.6 cm³/mol. The number of hydrogen-bond acceptors (Lipinski definition) is 5. The van der Waals surface area contributed by atoms with Gasteiger partial charge in [0.2, 0.25) is 5.89 Å². The van der Waals surface area contributed by atoms with Crippen LogP contribution in [0.5, 0.6) is 0 Å². The molecule has 2 amide bonds. The van der Waals surface area contributed by atoms with E-state index in [1.54, 1.807) is 0 Å². The van der Waals surface area contributed by atoms with E-state index in [4.69, 9.17) is 4.52 Å². The lowest BCUT2D eigenvalue weighted by atomic mass is 9.79. The standard InChI is InChI=1S/C14H23N5O2/c1-2-12-17-11(18-21-12)8-16-13(20)19-7-3-4-14(10-19)5-6-15-9-14/h15H,2-10H2,1H3,(H,16,20)/t14-/m1/s1. The first kappa shape index (κ1) is 14.3. The van der Waals surface area contributed by atoms with E-state index in [1.165, 1.54) is 12.8 Å². The fourth-order valence-corrected chi connectivity index (χ4v) is 3.30. The van der Waals surface area contributed by atoms with Crippen molar-refractivity contribution in [2.45, 2.75) is 39.2 Å². The third kappa shape index (κ3) is 3.18. The second kappa shape index (κ2) is 6.01. The average molecular weight is 293 g/mol. The van der Waals surface area contributed by atoms with Gasteiger partial charge in [0.05, 0.1) is 6.54 Å². The van der Waals surface area contributed by atoms with Gasteiger partial charge in [0.15, 0.2) is 5.82 Å². The number of carbonyl (C=O) groups is 1. The molecule has 2 fully saturated rings. The van der Waals surface area contributed by atoms with Gasteiger partial charge in [-0.2, -0.15) is 4.98 Å². The number of likely N-dealkylation sites (tertiary alicyclic amines) is 1. The number of hydrogen-bond donors (Lipinski definition) is 2. The monoisotopic (exact) mass is 293 g/mol. The van der Waals surface area contributed by atoms with Crippen LogP contribution in [0.4, 0.5) is 4.79 Å². The molecule has 2 saturated heterocycles. The van der Waals surface area contributed by atoms with E-state index >= 15 is 0 Å². The molecule has 7 heteroatoms. The molecule has 2 aliphatic rings. The molecule has 2 N–H and O–H groups in total. The van der Waals surface area contributed by atoms with Crippen LogP contribution in [0.15, 0.2) is 4.52 Å². The molecule has 1 spiro atoms. The lowest BCUT2D eigenvalue weighted by Crippen LogP contribution is -2.50. The summed E-state index contributed by atoms with van der Waals surface area (Å²) in [4.78, 5) is 18.4. The number of nitrogens with zero attached hydrogens (tertiary/aromatic N) is 3. The average Bonchev–Trinajstić information content (AvgIpc) is 3.14. The van der Waals surface area contributed by atoms with Crippen molar-refractivity contribution < 1.29 is 9.32 Å². The van der Waals surface area contributed by atoms with Crippen LogP contribution in [0.25, 0.3) is 0 Å². The highest BCUT2D eigenvalue weighted by molar-refractivity contribution is 5.74. The lowest BCUT2D eigenvalue weighted by Gasteiger charge is -2.39. The van der Waals surface area contributed by atoms with Crippen LogP contribution in [-0.2, 0) is 13.0 Å². The predicted octanol–water partition coefficient (Wildman–Crippen LogP) is 0.917. The van der Waals surface area contributed by atoms with Crippen LogP contribution in [0, 0.1) is 5.41 Å². The van der Waals surface area contributed by atoms with Gasteiger partial charge < -0.3 is 20.1 Å². The Hall–Kier alpha value is -1.63. The van der Waals surface area contributed by atoms with Gasteiger partial charge in [-0.15, -0.1) is 0 Å². The molecule has 21 heavy (non-hydrogen) atoms. The third-order valence-electron chi connectivity index (χ3n) is 4.49. The summed E-state index contributed by atoms with van der Waals surface area (Å²) in [5.41, 5.74) is 0.289. The van der Waals surface area contributed by atoms with Crippen molar-refractivity contribution in [2.24, 2.45) is 5.41 Å². The van der Waals surface area contributed by atoms with Crippen molar-refractivity contribution in [1.82, 2.24) is 25.7 Å². The first-order valence-electron chi connectivity index (χ1n) is 7.76. The number of amides is 2. The minimum absolute atomic E-state index is 0.0242. The van der Waals surface area contributed by atoms with E-state index in [0.29, 0.717) is 24.7 Å². The molecule has 0 radical (unpaired) electrons. The quantitative estimate of drug-likeness (QED) is 0.866. The number of aromatic nitrogens is 2. The van der Waals surface area contributed by atoms with E-state index in [9.17, 15) is 4.79 Å². The second-order valence-corrected chi connectivity index (χ2v) is 6.07. The summed E-state index contributed by atoms with van der Waals surface area (Å²) in [6.45, 7) is 6.06. The Bertz CT molecular complexity index is 495. The van der Waals surface area contributed by atoms with E-state index < -0.39 is 0 Å².